The third-order valence-electron chi connectivity index (χ3n) is 2.52. The molecule has 0 amide bonds. The summed E-state index contributed by atoms with van der Waals surface area (Å²) in [7, 11) is -0.804. The molecule has 17 heavy (non-hydrogen) atoms. The molecule has 0 aliphatic carbocycles. The molecule has 0 bridgehead atoms. The van der Waals surface area contributed by atoms with Gasteiger partial charge in [-0.2, -0.15) is 0 Å². The summed E-state index contributed by atoms with van der Waals surface area (Å²) >= 11 is 0. The maximum Gasteiger partial charge on any atom is 0.337 e. The lowest BCUT2D eigenvalue weighted by atomic mass is 10.1. The van der Waals surface area contributed by atoms with Crippen molar-refractivity contribution in [2.45, 2.75) is 32.2 Å². The molecule has 0 spiro atoms. The molecule has 0 aromatic heterocycles. The van der Waals surface area contributed by atoms with Crippen molar-refractivity contribution in [1.29, 1.82) is 0 Å². The van der Waals surface area contributed by atoms with E-state index in [4.69, 9.17) is 18.5 Å². The van der Waals surface area contributed by atoms with Crippen LogP contribution in [0.25, 0.3) is 0 Å². The summed E-state index contributed by atoms with van der Waals surface area (Å²) in [4.78, 5) is 11.9. The summed E-state index contributed by atoms with van der Waals surface area (Å²) in [5, 5.41) is 0. The highest BCUT2D eigenvalue weighted by Gasteiger charge is 2.37. The van der Waals surface area contributed by atoms with E-state index in [-0.39, 0.29) is 11.9 Å². The van der Waals surface area contributed by atoms with Gasteiger partial charge in [-0.05, 0) is 13.8 Å². The quantitative estimate of drug-likeness (QED) is 0.703. The van der Waals surface area contributed by atoms with Crippen LogP contribution < -0.4 is 0 Å². The van der Waals surface area contributed by atoms with Crippen molar-refractivity contribution in [3.63, 3.8) is 0 Å². The Morgan fingerprint density at radius 3 is 2.47 bits per heavy atom. The summed E-state index contributed by atoms with van der Waals surface area (Å²) in [6.07, 6.45) is -0.437. The van der Waals surface area contributed by atoms with Crippen LogP contribution in [0.4, 0.5) is 0 Å². The molecule has 1 fully saturated rings. The highest BCUT2D eigenvalue weighted by atomic mass is 31.2. The Labute approximate surface area is 101 Å². The van der Waals surface area contributed by atoms with Gasteiger partial charge < -0.3 is 18.5 Å². The second-order valence-electron chi connectivity index (χ2n) is 4.24. The van der Waals surface area contributed by atoms with E-state index in [2.05, 4.69) is 0 Å². The molecule has 1 atom stereocenters. The van der Waals surface area contributed by atoms with Crippen molar-refractivity contribution in [2.75, 3.05) is 27.0 Å². The van der Waals surface area contributed by atoms with Crippen LogP contribution in [-0.2, 0) is 27.9 Å². The van der Waals surface area contributed by atoms with Crippen LogP contribution in [0.3, 0.4) is 0 Å². The van der Waals surface area contributed by atoms with Crippen molar-refractivity contribution in [1.82, 2.24) is 0 Å². The van der Waals surface area contributed by atoms with Gasteiger partial charge in [0.05, 0.1) is 6.61 Å². The van der Waals surface area contributed by atoms with Crippen LogP contribution in [0.15, 0.2) is 0 Å². The minimum Gasteiger partial charge on any atom is -0.350 e. The van der Waals surface area contributed by atoms with Crippen LogP contribution in [0.5, 0.6) is 0 Å². The van der Waals surface area contributed by atoms with Gasteiger partial charge in [-0.3, -0.25) is 9.36 Å². The zero-order valence-corrected chi connectivity index (χ0v) is 11.5. The van der Waals surface area contributed by atoms with Crippen molar-refractivity contribution >= 4 is 13.4 Å². The molecular formula is C10H19O6P. The minimum atomic E-state index is -3.32. The SMILES string of the molecule is COP(=O)(CC(=O)[C@@H]1CCOC(C)(C)O1)OC. The second-order valence-corrected chi connectivity index (χ2v) is 6.51. The van der Waals surface area contributed by atoms with Gasteiger partial charge in [0.25, 0.3) is 0 Å². The van der Waals surface area contributed by atoms with E-state index in [0.29, 0.717) is 13.0 Å². The molecule has 0 unspecified atom stereocenters. The van der Waals surface area contributed by atoms with Gasteiger partial charge in [-0.15, -0.1) is 0 Å². The number of carbonyl (C=O) groups is 1. The van der Waals surface area contributed by atoms with Crippen LogP contribution in [0, 0.1) is 0 Å². The standard InChI is InChI=1S/C10H19O6P/c1-10(2)15-6-5-9(16-10)8(11)7-17(12,13-3)14-4/h9H,5-7H2,1-4H3/t9-/m0/s1. The molecule has 1 saturated heterocycles. The van der Waals surface area contributed by atoms with E-state index in [1.807, 2.05) is 0 Å². The molecule has 6 nitrogen and oxygen atoms in total. The topological polar surface area (TPSA) is 71.1 Å². The van der Waals surface area contributed by atoms with E-state index >= 15 is 0 Å². The molecule has 7 heteroatoms. The minimum absolute atomic E-state index is 0.277. The van der Waals surface area contributed by atoms with E-state index < -0.39 is 19.5 Å². The largest absolute Gasteiger partial charge is 0.350 e. The Balaban J connectivity index is 2.62. The van der Waals surface area contributed by atoms with Crippen LogP contribution in [0.2, 0.25) is 0 Å². The monoisotopic (exact) mass is 266 g/mol. The van der Waals surface area contributed by atoms with Gasteiger partial charge in [-0.25, -0.2) is 0 Å². The van der Waals surface area contributed by atoms with E-state index in [1.165, 1.54) is 14.2 Å². The number of ketones is 1. The van der Waals surface area contributed by atoms with Crippen molar-refractivity contribution in [3.05, 3.63) is 0 Å². The molecule has 1 rings (SSSR count). The smallest absolute Gasteiger partial charge is 0.337 e. The number of carbonyl (C=O) groups excluding carboxylic acids is 1. The molecule has 1 heterocycles. The maximum absolute atomic E-state index is 11.9. The molecule has 1 aliphatic heterocycles. The first-order chi connectivity index (χ1) is 7.82. The molecular weight excluding hydrogens is 247 g/mol. The molecule has 0 saturated carbocycles. The lowest BCUT2D eigenvalue weighted by molar-refractivity contribution is -0.266. The fourth-order valence-electron chi connectivity index (χ4n) is 1.57. The summed E-state index contributed by atoms with van der Waals surface area (Å²) in [6.45, 7) is 3.91. The van der Waals surface area contributed by atoms with Gasteiger partial charge in [0.2, 0.25) is 0 Å². The fourth-order valence-corrected chi connectivity index (χ4v) is 2.56. The van der Waals surface area contributed by atoms with E-state index in [9.17, 15) is 9.36 Å². The molecule has 0 aromatic carbocycles. The average molecular weight is 266 g/mol. The summed E-state index contributed by atoms with van der Waals surface area (Å²) in [5.74, 6) is -1.07. The lowest BCUT2D eigenvalue weighted by Crippen LogP contribution is -2.44. The first-order valence-electron chi connectivity index (χ1n) is 5.37. The molecule has 0 aromatic rings. The Morgan fingerprint density at radius 1 is 1.41 bits per heavy atom. The van der Waals surface area contributed by atoms with Crippen LogP contribution >= 0.6 is 7.60 Å². The number of hydrogen-bond acceptors (Lipinski definition) is 6. The highest BCUT2D eigenvalue weighted by molar-refractivity contribution is 7.54. The second kappa shape index (κ2) is 5.59. The van der Waals surface area contributed by atoms with Gasteiger partial charge in [0.15, 0.2) is 11.6 Å². The summed E-state index contributed by atoms with van der Waals surface area (Å²) in [6, 6.07) is 0. The summed E-state index contributed by atoms with van der Waals surface area (Å²) in [5.41, 5.74) is 0. The predicted octanol–water partition coefficient (Wildman–Crippen LogP) is 1.58. The van der Waals surface area contributed by atoms with E-state index in [0.717, 1.165) is 0 Å². The van der Waals surface area contributed by atoms with Crippen molar-refractivity contribution in [3.8, 4) is 0 Å². The first-order valence-corrected chi connectivity index (χ1v) is 7.10. The molecule has 1 aliphatic rings. The van der Waals surface area contributed by atoms with Gasteiger partial charge in [0, 0.05) is 20.6 Å². The number of rotatable bonds is 5. The number of hydrogen-bond donors (Lipinski definition) is 0. The molecule has 100 valence electrons. The Bertz CT molecular complexity index is 319. The fraction of sp³-hybridized carbons (Fsp3) is 0.900. The molecule has 0 N–H and O–H groups in total. The predicted molar refractivity (Wildman–Crippen MR) is 61.0 cm³/mol. The molecule has 0 radical (unpaired) electrons. The normalized spacial score (nSPS) is 24.6. The van der Waals surface area contributed by atoms with Crippen molar-refractivity contribution < 1.29 is 27.9 Å². The third kappa shape index (κ3) is 4.16. The lowest BCUT2D eigenvalue weighted by Gasteiger charge is -2.35. The first kappa shape index (κ1) is 14.8. The number of ether oxygens (including phenoxy) is 2. The van der Waals surface area contributed by atoms with Crippen molar-refractivity contribution in [2.24, 2.45) is 0 Å². The van der Waals surface area contributed by atoms with Gasteiger partial charge in [0.1, 0.15) is 12.3 Å². The Morgan fingerprint density at radius 2 is 2.00 bits per heavy atom. The maximum atomic E-state index is 11.9. The highest BCUT2D eigenvalue weighted by Crippen LogP contribution is 2.46. The van der Waals surface area contributed by atoms with Gasteiger partial charge >= 0.3 is 7.60 Å². The Hall–Kier alpha value is -0.260. The van der Waals surface area contributed by atoms with Gasteiger partial charge in [-0.1, -0.05) is 0 Å². The Kier molecular flexibility index (Phi) is 4.86. The number of Topliss-reactive ketones (excluding diaryl/α,β-unsaturated/α-hetero) is 1. The average Bonchev–Trinajstić information content (AvgIpc) is 2.27. The summed E-state index contributed by atoms with van der Waals surface area (Å²) < 4.78 is 32.1. The van der Waals surface area contributed by atoms with E-state index in [1.54, 1.807) is 13.8 Å². The zero-order chi connectivity index (χ0) is 13.1. The zero-order valence-electron chi connectivity index (χ0n) is 10.6. The van der Waals surface area contributed by atoms with Crippen LogP contribution in [0.1, 0.15) is 20.3 Å². The third-order valence-corrected chi connectivity index (χ3v) is 4.33. The van der Waals surface area contributed by atoms with Crippen LogP contribution in [-0.4, -0.2) is 44.7 Å².